The van der Waals surface area contributed by atoms with Gasteiger partial charge in [-0.1, -0.05) is 6.92 Å². The molecule has 0 spiro atoms. The summed E-state index contributed by atoms with van der Waals surface area (Å²) in [6.45, 7) is 2.09. The third kappa shape index (κ3) is 2.24. The molecule has 6 heteroatoms. The number of anilines is 2. The zero-order valence-corrected chi connectivity index (χ0v) is 11.9. The Labute approximate surface area is 121 Å². The molecule has 0 aromatic rings. The lowest BCUT2D eigenvalue weighted by atomic mass is 10.2. The molecule has 0 aromatic heterocycles. The Kier molecular flexibility index (Phi) is 3.87. The summed E-state index contributed by atoms with van der Waals surface area (Å²) in [4.78, 5) is 5.42. The van der Waals surface area contributed by atoms with Gasteiger partial charge in [0.05, 0.1) is 17.1 Å². The summed E-state index contributed by atoms with van der Waals surface area (Å²) >= 11 is 1.54. The quantitative estimate of drug-likeness (QED) is 0.776. The van der Waals surface area contributed by atoms with Crippen LogP contribution < -0.4 is 10.5 Å². The molecule has 0 amide bonds. The van der Waals surface area contributed by atoms with Gasteiger partial charge >= 0.3 is 0 Å². The fourth-order valence-electron chi connectivity index (χ4n) is 2.06. The maximum absolute atomic E-state index is 13.5. The first kappa shape index (κ1) is 14.0. The Morgan fingerprint density at radius 3 is 3.00 bits per heavy atom. The number of hydrogen-bond donors (Lipinski definition) is 2. The summed E-state index contributed by atoms with van der Waals surface area (Å²) < 4.78 is 16.7. The standard InChI is InChI=1S/C13H12FN3S.ClH/c1-2-8-6-9-11(15)13-10(12(9)17-18-8)5-7(14)3-4-16-13;/h3-6,17H,2,15H2,1H3;1H. The number of rotatable bonds is 1. The molecule has 3 rings (SSSR count). The van der Waals surface area contributed by atoms with Crippen LogP contribution in [0.5, 0.6) is 0 Å². The molecule has 0 bridgehead atoms. The van der Waals surface area contributed by atoms with Gasteiger partial charge < -0.3 is 10.5 Å². The topological polar surface area (TPSA) is 50.9 Å². The van der Waals surface area contributed by atoms with Crippen molar-refractivity contribution in [2.45, 2.75) is 13.3 Å². The Balaban J connectivity index is 0.00000133. The summed E-state index contributed by atoms with van der Waals surface area (Å²) in [7, 11) is 0. The third-order valence-corrected chi connectivity index (χ3v) is 3.97. The van der Waals surface area contributed by atoms with Crippen LogP contribution in [0.1, 0.15) is 18.9 Å². The highest BCUT2D eigenvalue weighted by atomic mass is 35.5. The predicted octanol–water partition coefficient (Wildman–Crippen LogP) is 4.15. The number of nitrogen functional groups attached to an aromatic ring is 1. The van der Waals surface area contributed by atoms with E-state index in [2.05, 4.69) is 16.6 Å². The normalized spacial score (nSPS) is 13.3. The van der Waals surface area contributed by atoms with Gasteiger partial charge in [0.1, 0.15) is 5.82 Å². The third-order valence-electron chi connectivity index (χ3n) is 3.00. The van der Waals surface area contributed by atoms with E-state index in [0.717, 1.165) is 23.2 Å². The molecule has 2 aliphatic heterocycles. The van der Waals surface area contributed by atoms with Crippen LogP contribution in [0, 0.1) is 5.82 Å². The number of nitrogens with two attached hydrogens (primary N) is 1. The van der Waals surface area contributed by atoms with Crippen molar-refractivity contribution in [1.29, 1.82) is 0 Å². The van der Waals surface area contributed by atoms with Crippen molar-refractivity contribution in [1.82, 2.24) is 4.98 Å². The smallest absolute Gasteiger partial charge is 0.125 e. The van der Waals surface area contributed by atoms with Crippen LogP contribution in [0.3, 0.4) is 0 Å². The molecule has 19 heavy (non-hydrogen) atoms. The lowest BCUT2D eigenvalue weighted by Gasteiger charge is -2.14. The van der Waals surface area contributed by atoms with E-state index in [1.807, 2.05) is 6.08 Å². The van der Waals surface area contributed by atoms with Crippen LogP contribution in [0.2, 0.25) is 0 Å². The Hall–Kier alpha value is -1.46. The van der Waals surface area contributed by atoms with Crippen molar-refractivity contribution in [3.05, 3.63) is 34.6 Å². The van der Waals surface area contributed by atoms with Crippen molar-refractivity contribution in [2.75, 3.05) is 10.5 Å². The van der Waals surface area contributed by atoms with E-state index in [-0.39, 0.29) is 18.2 Å². The molecule has 0 unspecified atom stereocenters. The van der Waals surface area contributed by atoms with E-state index in [1.165, 1.54) is 23.2 Å². The molecule has 2 heterocycles. The van der Waals surface area contributed by atoms with E-state index >= 15 is 0 Å². The van der Waals surface area contributed by atoms with Gasteiger partial charge in [-0.2, -0.15) is 0 Å². The maximum Gasteiger partial charge on any atom is 0.125 e. The van der Waals surface area contributed by atoms with E-state index < -0.39 is 0 Å². The number of fused-ring (bicyclic) bond motifs is 3. The van der Waals surface area contributed by atoms with Gasteiger partial charge in [-0.05, 0) is 36.6 Å². The lowest BCUT2D eigenvalue weighted by molar-refractivity contribution is 0.629. The molecule has 100 valence electrons. The summed E-state index contributed by atoms with van der Waals surface area (Å²) in [5.41, 5.74) is 9.85. The highest BCUT2D eigenvalue weighted by molar-refractivity contribution is 8.04. The zero-order valence-electron chi connectivity index (χ0n) is 10.2. The second-order valence-electron chi connectivity index (χ2n) is 4.11. The summed E-state index contributed by atoms with van der Waals surface area (Å²) in [6.07, 6.45) is 4.43. The molecule has 0 saturated carbocycles. The Bertz CT molecular complexity index is 630. The molecule has 3 aliphatic rings. The predicted molar refractivity (Wildman–Crippen MR) is 82.0 cm³/mol. The highest BCUT2D eigenvalue weighted by Gasteiger charge is 2.24. The lowest BCUT2D eigenvalue weighted by Crippen LogP contribution is -1.96. The number of aromatic nitrogens is 1. The molecule has 0 saturated heterocycles. The second kappa shape index (κ2) is 5.27. The van der Waals surface area contributed by atoms with Gasteiger partial charge in [0.2, 0.25) is 0 Å². The minimum Gasteiger partial charge on any atom is -0.396 e. The minimum absolute atomic E-state index is 0. The van der Waals surface area contributed by atoms with Crippen LogP contribution in [-0.2, 0) is 0 Å². The molecular formula is C13H13ClFN3S. The molecule has 0 radical (unpaired) electrons. The van der Waals surface area contributed by atoms with Gasteiger partial charge in [-0.25, -0.2) is 4.39 Å². The summed E-state index contributed by atoms with van der Waals surface area (Å²) in [5.74, 6) is -0.317. The number of hydrogen-bond acceptors (Lipinski definition) is 4. The van der Waals surface area contributed by atoms with Crippen molar-refractivity contribution >= 4 is 41.8 Å². The average molecular weight is 298 g/mol. The van der Waals surface area contributed by atoms with Gasteiger partial charge in [0.25, 0.3) is 0 Å². The number of nitrogens with one attached hydrogen (secondary N) is 1. The summed E-state index contributed by atoms with van der Waals surface area (Å²) in [5, 5.41) is 0. The molecule has 1 aliphatic carbocycles. The molecule has 3 N–H and O–H groups in total. The van der Waals surface area contributed by atoms with Crippen LogP contribution in [0.4, 0.5) is 15.8 Å². The van der Waals surface area contributed by atoms with Gasteiger partial charge in [0, 0.05) is 22.2 Å². The maximum atomic E-state index is 13.5. The number of nitrogens with zero attached hydrogens (tertiary/aromatic N) is 1. The van der Waals surface area contributed by atoms with Gasteiger partial charge in [-0.15, -0.1) is 12.4 Å². The van der Waals surface area contributed by atoms with Crippen molar-refractivity contribution < 1.29 is 4.39 Å². The molecule has 0 atom stereocenters. The first-order chi connectivity index (χ1) is 8.70. The van der Waals surface area contributed by atoms with Crippen LogP contribution in [0.15, 0.2) is 23.2 Å². The van der Waals surface area contributed by atoms with E-state index in [9.17, 15) is 4.39 Å². The van der Waals surface area contributed by atoms with Gasteiger partial charge in [-0.3, -0.25) is 4.98 Å². The van der Waals surface area contributed by atoms with Crippen molar-refractivity contribution in [3.63, 3.8) is 0 Å². The van der Waals surface area contributed by atoms with Crippen LogP contribution in [-0.4, -0.2) is 4.98 Å². The average Bonchev–Trinajstić information content (AvgIpc) is 2.54. The molecule has 0 fully saturated rings. The number of halogens is 2. The van der Waals surface area contributed by atoms with Crippen molar-refractivity contribution in [3.8, 4) is 11.3 Å². The van der Waals surface area contributed by atoms with Gasteiger partial charge in [0.15, 0.2) is 0 Å². The SMILES string of the molecule is CCC1=Cc2c(N)c3nccc(F)cc-3c2NS1.Cl. The first-order valence-electron chi connectivity index (χ1n) is 5.71. The van der Waals surface area contributed by atoms with E-state index in [4.69, 9.17) is 5.73 Å². The molecule has 3 nitrogen and oxygen atoms in total. The second-order valence-corrected chi connectivity index (χ2v) is 5.04. The molecular weight excluding hydrogens is 285 g/mol. The fourth-order valence-corrected chi connectivity index (χ4v) is 2.83. The van der Waals surface area contributed by atoms with E-state index in [1.54, 1.807) is 11.9 Å². The largest absolute Gasteiger partial charge is 0.396 e. The Morgan fingerprint density at radius 1 is 1.47 bits per heavy atom. The zero-order chi connectivity index (χ0) is 12.7. The van der Waals surface area contributed by atoms with Crippen molar-refractivity contribution in [2.24, 2.45) is 0 Å². The fraction of sp³-hybridized carbons (Fsp3) is 0.154. The van der Waals surface area contributed by atoms with E-state index in [0.29, 0.717) is 11.4 Å². The Morgan fingerprint density at radius 2 is 2.26 bits per heavy atom. The highest BCUT2D eigenvalue weighted by Crippen LogP contribution is 2.47. The number of allylic oxidation sites excluding steroid dienone is 1. The van der Waals surface area contributed by atoms with Crippen LogP contribution in [0.25, 0.3) is 17.3 Å². The first-order valence-corrected chi connectivity index (χ1v) is 6.52. The summed E-state index contributed by atoms with van der Waals surface area (Å²) in [6, 6.07) is 2.80. The molecule has 0 aromatic carbocycles. The monoisotopic (exact) mass is 297 g/mol. The minimum atomic E-state index is -0.317. The van der Waals surface area contributed by atoms with Crippen LogP contribution >= 0.6 is 24.4 Å².